The molecule has 0 atom stereocenters. The van der Waals surface area contributed by atoms with Crippen LogP contribution in [0.25, 0.3) is 0 Å². The van der Waals surface area contributed by atoms with Crippen molar-refractivity contribution < 1.29 is 0 Å². The van der Waals surface area contributed by atoms with Crippen LogP contribution in [0.4, 0.5) is 11.4 Å². The highest BCUT2D eigenvalue weighted by Crippen LogP contribution is 2.37. The van der Waals surface area contributed by atoms with E-state index in [1.807, 2.05) is 0 Å². The molecular weight excluding hydrogens is 422 g/mol. The molecule has 35 heavy (non-hydrogen) atoms. The Morgan fingerprint density at radius 1 is 0.486 bits per heavy atom. The van der Waals surface area contributed by atoms with Crippen LogP contribution in [0.5, 0.6) is 0 Å². The van der Waals surface area contributed by atoms with Crippen LogP contribution in [0.1, 0.15) is 74.9 Å². The summed E-state index contributed by atoms with van der Waals surface area (Å²) in [6.45, 7) is 13.7. The summed E-state index contributed by atoms with van der Waals surface area (Å²) in [6, 6.07) is 35.4. The first-order chi connectivity index (χ1) is 16.8. The molecule has 0 heterocycles. The maximum absolute atomic E-state index is 3.78. The van der Waals surface area contributed by atoms with Crippen molar-refractivity contribution in [3.8, 4) is 0 Å². The van der Waals surface area contributed by atoms with Crippen LogP contribution in [0.15, 0.2) is 97.1 Å². The number of benzene rings is 4. The van der Waals surface area contributed by atoms with Gasteiger partial charge in [0.05, 0.1) is 0 Å². The average Bonchev–Trinajstić information content (AvgIpc) is 2.90. The van der Waals surface area contributed by atoms with Crippen LogP contribution < -0.4 is 5.32 Å². The van der Waals surface area contributed by atoms with Gasteiger partial charge >= 0.3 is 0 Å². The lowest BCUT2D eigenvalue weighted by molar-refractivity contribution is 0.640. The summed E-state index contributed by atoms with van der Waals surface area (Å²) in [5.41, 5.74) is 10.4. The van der Waals surface area contributed by atoms with Crippen molar-refractivity contribution in [3.63, 3.8) is 0 Å². The van der Waals surface area contributed by atoms with Gasteiger partial charge < -0.3 is 5.32 Å². The Morgan fingerprint density at radius 2 is 0.857 bits per heavy atom. The van der Waals surface area contributed by atoms with Crippen LogP contribution in [0, 0.1) is 0 Å². The van der Waals surface area contributed by atoms with Gasteiger partial charge in [-0.15, -0.1) is 0 Å². The first-order valence-electron chi connectivity index (χ1n) is 12.9. The Labute approximate surface area is 212 Å². The number of anilines is 2. The van der Waals surface area contributed by atoms with Crippen molar-refractivity contribution in [1.82, 2.24) is 0 Å². The van der Waals surface area contributed by atoms with Gasteiger partial charge in [-0.25, -0.2) is 0 Å². The number of rotatable bonds is 8. The normalized spacial score (nSPS) is 11.9. The van der Waals surface area contributed by atoms with E-state index in [4.69, 9.17) is 0 Å². The lowest BCUT2D eigenvalue weighted by atomic mass is 9.77. The second-order valence-electron chi connectivity index (χ2n) is 10.6. The van der Waals surface area contributed by atoms with Crippen LogP contribution in [0.3, 0.4) is 0 Å². The maximum atomic E-state index is 3.78. The molecule has 0 fully saturated rings. The van der Waals surface area contributed by atoms with E-state index in [0.717, 1.165) is 12.8 Å². The lowest BCUT2D eigenvalue weighted by Gasteiger charge is -2.28. The highest BCUT2D eigenvalue weighted by atomic mass is 14.9. The van der Waals surface area contributed by atoms with Gasteiger partial charge in [0.25, 0.3) is 0 Å². The molecule has 0 amide bonds. The van der Waals surface area contributed by atoms with Gasteiger partial charge in [0.1, 0.15) is 0 Å². The fraction of sp³-hybridized carbons (Fsp3) is 0.294. The first kappa shape index (κ1) is 24.8. The van der Waals surface area contributed by atoms with Crippen LogP contribution in [-0.4, -0.2) is 0 Å². The third-order valence-electron chi connectivity index (χ3n) is 7.68. The minimum Gasteiger partial charge on any atom is -0.355 e. The van der Waals surface area contributed by atoms with Crippen molar-refractivity contribution >= 4 is 11.4 Å². The summed E-state index contributed by atoms with van der Waals surface area (Å²) in [7, 11) is 0. The van der Waals surface area contributed by atoms with Gasteiger partial charge in [-0.1, -0.05) is 126 Å². The number of hydrogen-bond acceptors (Lipinski definition) is 1. The van der Waals surface area contributed by atoms with E-state index >= 15 is 0 Å². The maximum Gasteiger partial charge on any atom is 0.0416 e. The molecule has 0 aliphatic carbocycles. The minimum absolute atomic E-state index is 0.0387. The second kappa shape index (κ2) is 10.1. The number of aryl methyl sites for hydroxylation is 2. The predicted octanol–water partition coefficient (Wildman–Crippen LogP) is 9.21. The van der Waals surface area contributed by atoms with Gasteiger partial charge in [0.15, 0.2) is 0 Å². The van der Waals surface area contributed by atoms with E-state index in [0.29, 0.717) is 0 Å². The summed E-state index contributed by atoms with van der Waals surface area (Å²) in [5, 5.41) is 3.78. The molecule has 1 nitrogen and oxygen atoms in total. The Hall–Kier alpha value is -3.32. The third kappa shape index (κ3) is 5.05. The van der Waals surface area contributed by atoms with Gasteiger partial charge in [0.2, 0.25) is 0 Å². The second-order valence-corrected chi connectivity index (χ2v) is 10.6. The van der Waals surface area contributed by atoms with Gasteiger partial charge in [0, 0.05) is 22.2 Å². The summed E-state index contributed by atoms with van der Waals surface area (Å²) in [5.74, 6) is 0. The summed E-state index contributed by atoms with van der Waals surface area (Å²) < 4.78 is 0. The average molecular weight is 462 g/mol. The molecule has 180 valence electrons. The molecule has 1 heteroatoms. The molecule has 0 unspecified atom stereocenters. The highest BCUT2D eigenvalue weighted by Gasteiger charge is 2.25. The van der Waals surface area contributed by atoms with E-state index < -0.39 is 0 Å². The van der Waals surface area contributed by atoms with Gasteiger partial charge in [-0.2, -0.15) is 0 Å². The zero-order chi connectivity index (χ0) is 25.1. The molecule has 0 aliphatic heterocycles. The fourth-order valence-corrected chi connectivity index (χ4v) is 4.98. The van der Waals surface area contributed by atoms with E-state index in [1.165, 1.54) is 44.8 Å². The standard InChI is InChI=1S/C34H39N/c1-7-25-23-29(33(3,4)27-15-11-9-12-16-27)19-21-31(25)35-32-22-20-30(24-26(32)8-2)34(5,6)28-17-13-10-14-18-28/h9-24,35H,7-8H2,1-6H3. The molecular formula is C34H39N. The Bertz CT molecular complexity index is 1170. The Balaban J connectivity index is 1.65. The summed E-state index contributed by atoms with van der Waals surface area (Å²) >= 11 is 0. The van der Waals surface area contributed by atoms with Crippen molar-refractivity contribution in [3.05, 3.63) is 130 Å². The first-order valence-corrected chi connectivity index (χ1v) is 12.9. The molecule has 0 saturated heterocycles. The molecule has 0 saturated carbocycles. The van der Waals surface area contributed by atoms with Crippen LogP contribution in [-0.2, 0) is 23.7 Å². The highest BCUT2D eigenvalue weighted by molar-refractivity contribution is 5.68. The van der Waals surface area contributed by atoms with Gasteiger partial charge in [-0.3, -0.25) is 0 Å². The van der Waals surface area contributed by atoms with Crippen molar-refractivity contribution in [1.29, 1.82) is 0 Å². The number of hydrogen-bond donors (Lipinski definition) is 1. The topological polar surface area (TPSA) is 12.0 Å². The zero-order valence-corrected chi connectivity index (χ0v) is 22.2. The largest absolute Gasteiger partial charge is 0.355 e. The zero-order valence-electron chi connectivity index (χ0n) is 22.2. The van der Waals surface area contributed by atoms with Crippen LogP contribution in [0.2, 0.25) is 0 Å². The molecule has 1 N–H and O–H groups in total. The molecule has 0 aliphatic rings. The lowest BCUT2D eigenvalue weighted by Crippen LogP contribution is -2.19. The third-order valence-corrected chi connectivity index (χ3v) is 7.68. The smallest absolute Gasteiger partial charge is 0.0416 e. The summed E-state index contributed by atoms with van der Waals surface area (Å²) in [6.07, 6.45) is 1.98. The van der Waals surface area contributed by atoms with Crippen molar-refractivity contribution in [2.45, 2.75) is 65.2 Å². The molecule has 4 rings (SSSR count). The monoisotopic (exact) mass is 461 g/mol. The SMILES string of the molecule is CCc1cc(C(C)(C)c2ccccc2)ccc1Nc1ccc(C(C)(C)c2ccccc2)cc1CC. The van der Waals surface area contributed by atoms with E-state index in [2.05, 4.69) is 144 Å². The molecule has 0 spiro atoms. The van der Waals surface area contributed by atoms with Crippen LogP contribution >= 0.6 is 0 Å². The number of nitrogens with one attached hydrogen (secondary N) is 1. The molecule has 4 aromatic rings. The summed E-state index contributed by atoms with van der Waals surface area (Å²) in [4.78, 5) is 0. The van der Waals surface area contributed by atoms with E-state index in [1.54, 1.807) is 0 Å². The van der Waals surface area contributed by atoms with Gasteiger partial charge in [-0.05, 0) is 58.4 Å². The van der Waals surface area contributed by atoms with E-state index in [9.17, 15) is 0 Å². The molecule has 0 aromatic heterocycles. The van der Waals surface area contributed by atoms with E-state index in [-0.39, 0.29) is 10.8 Å². The fourth-order valence-electron chi connectivity index (χ4n) is 4.98. The molecule has 0 bridgehead atoms. The predicted molar refractivity (Wildman–Crippen MR) is 152 cm³/mol. The molecule has 4 aromatic carbocycles. The Kier molecular flexibility index (Phi) is 7.17. The van der Waals surface area contributed by atoms with Crippen molar-refractivity contribution in [2.75, 3.05) is 5.32 Å². The van der Waals surface area contributed by atoms with Crippen molar-refractivity contribution in [2.24, 2.45) is 0 Å². The molecule has 0 radical (unpaired) electrons. The quantitative estimate of drug-likeness (QED) is 0.276. The Morgan fingerprint density at radius 3 is 1.20 bits per heavy atom. The minimum atomic E-state index is -0.0387.